The minimum Gasteiger partial charge on any atom is -0.497 e. The molecule has 2 aromatic rings. The van der Waals surface area contributed by atoms with Crippen LogP contribution in [-0.4, -0.2) is 13.7 Å². The van der Waals surface area contributed by atoms with Crippen LogP contribution in [0.1, 0.15) is 11.1 Å². The third-order valence-corrected chi connectivity index (χ3v) is 2.82. The molecular weight excluding hydrogens is 269 g/mol. The monoisotopic (exact) mass is 285 g/mol. The van der Waals surface area contributed by atoms with E-state index in [1.165, 1.54) is 13.2 Å². The zero-order valence-corrected chi connectivity index (χ0v) is 11.7. The van der Waals surface area contributed by atoms with Gasteiger partial charge in [0, 0.05) is 17.2 Å². The van der Waals surface area contributed by atoms with Gasteiger partial charge in [0.05, 0.1) is 13.7 Å². The standard InChI is InChI=1S/C17H16FNO2/c1-20-15-8-7-14(17(18)11-15)12-21-16-6-2-4-13(10-16)5-3-9-19/h2,4,6-8,10-11H,9,12,19H2,1H3. The predicted molar refractivity (Wildman–Crippen MR) is 79.7 cm³/mol. The topological polar surface area (TPSA) is 44.5 Å². The molecule has 3 nitrogen and oxygen atoms in total. The largest absolute Gasteiger partial charge is 0.497 e. The quantitative estimate of drug-likeness (QED) is 0.878. The Morgan fingerprint density at radius 3 is 2.71 bits per heavy atom. The van der Waals surface area contributed by atoms with Gasteiger partial charge in [-0.15, -0.1) is 0 Å². The normalized spacial score (nSPS) is 9.67. The minimum absolute atomic E-state index is 0.142. The van der Waals surface area contributed by atoms with Gasteiger partial charge in [-0.2, -0.15) is 0 Å². The number of hydrogen-bond donors (Lipinski definition) is 1. The molecule has 0 amide bonds. The van der Waals surface area contributed by atoms with Crippen LogP contribution in [0.25, 0.3) is 0 Å². The molecule has 0 aliphatic heterocycles. The van der Waals surface area contributed by atoms with Gasteiger partial charge in [0.2, 0.25) is 0 Å². The predicted octanol–water partition coefficient (Wildman–Crippen LogP) is 2.72. The molecule has 0 radical (unpaired) electrons. The van der Waals surface area contributed by atoms with E-state index in [2.05, 4.69) is 11.8 Å². The van der Waals surface area contributed by atoms with E-state index in [1.807, 2.05) is 12.1 Å². The Morgan fingerprint density at radius 1 is 1.14 bits per heavy atom. The highest BCUT2D eigenvalue weighted by atomic mass is 19.1. The van der Waals surface area contributed by atoms with E-state index in [0.29, 0.717) is 23.6 Å². The molecular formula is C17H16FNO2. The first-order chi connectivity index (χ1) is 10.2. The lowest BCUT2D eigenvalue weighted by molar-refractivity contribution is 0.299. The number of hydrogen-bond acceptors (Lipinski definition) is 3. The van der Waals surface area contributed by atoms with Gasteiger partial charge in [-0.05, 0) is 30.3 Å². The molecule has 0 saturated heterocycles. The van der Waals surface area contributed by atoms with Gasteiger partial charge < -0.3 is 15.2 Å². The molecule has 0 aliphatic carbocycles. The molecule has 0 spiro atoms. The molecule has 0 bridgehead atoms. The van der Waals surface area contributed by atoms with Crippen molar-refractivity contribution in [2.75, 3.05) is 13.7 Å². The summed E-state index contributed by atoms with van der Waals surface area (Å²) in [6, 6.07) is 12.0. The second-order valence-electron chi connectivity index (χ2n) is 4.28. The SMILES string of the molecule is COc1ccc(COc2cccc(C#CCN)c2)c(F)c1. The lowest BCUT2D eigenvalue weighted by Gasteiger charge is -2.08. The van der Waals surface area contributed by atoms with Crippen molar-refractivity contribution in [1.82, 2.24) is 0 Å². The third kappa shape index (κ3) is 4.23. The van der Waals surface area contributed by atoms with Crippen LogP contribution in [-0.2, 0) is 6.61 Å². The van der Waals surface area contributed by atoms with E-state index in [-0.39, 0.29) is 12.4 Å². The molecule has 21 heavy (non-hydrogen) atoms. The van der Waals surface area contributed by atoms with Crippen LogP contribution in [0.5, 0.6) is 11.5 Å². The molecule has 0 unspecified atom stereocenters. The zero-order chi connectivity index (χ0) is 15.1. The minimum atomic E-state index is -0.353. The first kappa shape index (κ1) is 14.9. The first-order valence-corrected chi connectivity index (χ1v) is 6.47. The maximum absolute atomic E-state index is 13.8. The van der Waals surface area contributed by atoms with Crippen molar-refractivity contribution in [3.63, 3.8) is 0 Å². The summed E-state index contributed by atoms with van der Waals surface area (Å²) in [5.41, 5.74) is 6.61. The van der Waals surface area contributed by atoms with Crippen molar-refractivity contribution in [3.05, 3.63) is 59.4 Å². The fraction of sp³-hybridized carbons (Fsp3) is 0.176. The summed E-state index contributed by atoms with van der Waals surface area (Å²) in [6.07, 6.45) is 0. The van der Waals surface area contributed by atoms with E-state index >= 15 is 0 Å². The van der Waals surface area contributed by atoms with Gasteiger partial charge in [0.25, 0.3) is 0 Å². The molecule has 0 aliphatic rings. The van der Waals surface area contributed by atoms with Crippen LogP contribution in [0.2, 0.25) is 0 Å². The number of rotatable bonds is 4. The van der Waals surface area contributed by atoms with Gasteiger partial charge in [-0.25, -0.2) is 4.39 Å². The van der Waals surface area contributed by atoms with Crippen LogP contribution in [0.15, 0.2) is 42.5 Å². The van der Waals surface area contributed by atoms with Gasteiger partial charge in [0.15, 0.2) is 0 Å². The second kappa shape index (κ2) is 7.32. The summed E-state index contributed by atoms with van der Waals surface area (Å²) < 4.78 is 24.3. The summed E-state index contributed by atoms with van der Waals surface area (Å²) in [5, 5.41) is 0. The van der Waals surface area contributed by atoms with Gasteiger partial charge >= 0.3 is 0 Å². The second-order valence-corrected chi connectivity index (χ2v) is 4.28. The highest BCUT2D eigenvalue weighted by molar-refractivity contribution is 5.40. The van der Waals surface area contributed by atoms with Crippen molar-refractivity contribution >= 4 is 0 Å². The average molecular weight is 285 g/mol. The molecule has 0 aromatic heterocycles. The fourth-order valence-corrected chi connectivity index (χ4v) is 1.75. The van der Waals surface area contributed by atoms with Crippen LogP contribution >= 0.6 is 0 Å². The Bertz CT molecular complexity index is 674. The van der Waals surface area contributed by atoms with Crippen molar-refractivity contribution in [2.24, 2.45) is 5.73 Å². The summed E-state index contributed by atoms with van der Waals surface area (Å²) in [4.78, 5) is 0. The Labute approximate surface area is 123 Å². The number of benzene rings is 2. The van der Waals surface area contributed by atoms with Gasteiger partial charge in [-0.1, -0.05) is 17.9 Å². The molecule has 4 heteroatoms. The smallest absolute Gasteiger partial charge is 0.133 e. The summed E-state index contributed by atoms with van der Waals surface area (Å²) in [7, 11) is 1.50. The van der Waals surface area contributed by atoms with E-state index in [4.69, 9.17) is 15.2 Å². The van der Waals surface area contributed by atoms with Crippen molar-refractivity contribution in [1.29, 1.82) is 0 Å². The van der Waals surface area contributed by atoms with E-state index < -0.39 is 0 Å². The molecule has 2 N–H and O–H groups in total. The molecule has 0 fully saturated rings. The number of halogens is 1. The van der Waals surface area contributed by atoms with Crippen molar-refractivity contribution in [2.45, 2.75) is 6.61 Å². The van der Waals surface area contributed by atoms with E-state index in [9.17, 15) is 4.39 Å². The maximum Gasteiger partial charge on any atom is 0.133 e. The number of ether oxygens (including phenoxy) is 2. The van der Waals surface area contributed by atoms with Gasteiger partial charge in [-0.3, -0.25) is 0 Å². The lowest BCUT2D eigenvalue weighted by atomic mass is 10.2. The molecule has 0 heterocycles. The van der Waals surface area contributed by atoms with Crippen LogP contribution in [0.4, 0.5) is 4.39 Å². The molecule has 108 valence electrons. The molecule has 2 aromatic carbocycles. The first-order valence-electron chi connectivity index (χ1n) is 6.47. The summed E-state index contributed by atoms with van der Waals surface area (Å²) in [5.74, 6) is 6.46. The Hall–Kier alpha value is -2.51. The van der Waals surface area contributed by atoms with Crippen LogP contribution < -0.4 is 15.2 Å². The average Bonchev–Trinajstić information content (AvgIpc) is 2.52. The molecule has 0 saturated carbocycles. The lowest BCUT2D eigenvalue weighted by Crippen LogP contribution is -1.99. The molecule has 2 rings (SSSR count). The van der Waals surface area contributed by atoms with E-state index in [0.717, 1.165) is 5.56 Å². The van der Waals surface area contributed by atoms with Crippen molar-refractivity contribution < 1.29 is 13.9 Å². The van der Waals surface area contributed by atoms with Gasteiger partial charge in [0.1, 0.15) is 23.9 Å². The number of nitrogens with two attached hydrogens (primary N) is 1. The van der Waals surface area contributed by atoms with Crippen molar-refractivity contribution in [3.8, 4) is 23.3 Å². The zero-order valence-electron chi connectivity index (χ0n) is 11.7. The highest BCUT2D eigenvalue weighted by Crippen LogP contribution is 2.19. The maximum atomic E-state index is 13.8. The summed E-state index contributed by atoms with van der Waals surface area (Å²) >= 11 is 0. The highest BCUT2D eigenvalue weighted by Gasteiger charge is 2.05. The summed E-state index contributed by atoms with van der Waals surface area (Å²) in [6.45, 7) is 0.450. The van der Waals surface area contributed by atoms with E-state index in [1.54, 1.807) is 24.3 Å². The molecule has 0 atom stereocenters. The van der Waals surface area contributed by atoms with Crippen LogP contribution in [0.3, 0.4) is 0 Å². The fourth-order valence-electron chi connectivity index (χ4n) is 1.75. The Morgan fingerprint density at radius 2 is 2.00 bits per heavy atom. The van der Waals surface area contributed by atoms with Crippen LogP contribution in [0, 0.1) is 17.7 Å². The Balaban J connectivity index is 2.06. The third-order valence-electron chi connectivity index (χ3n) is 2.82. The Kier molecular flexibility index (Phi) is 5.19. The number of methoxy groups -OCH3 is 1.